The third-order valence-electron chi connectivity index (χ3n) is 1.31. The molecule has 0 aliphatic heterocycles. The van der Waals surface area contributed by atoms with Crippen molar-refractivity contribution in [3.8, 4) is 0 Å². The molecule has 0 heterocycles. The molecule has 0 aliphatic rings. The lowest BCUT2D eigenvalue weighted by Crippen LogP contribution is -2.30. The molecule has 2 amide bonds. The number of hydrogen-bond acceptors (Lipinski definition) is 4. The summed E-state index contributed by atoms with van der Waals surface area (Å²) in [5.74, 6) is 0.306. The molecule has 4 N–H and O–H groups in total. The van der Waals surface area contributed by atoms with Crippen LogP contribution >= 0.6 is 11.8 Å². The minimum atomic E-state index is -0.530. The summed E-state index contributed by atoms with van der Waals surface area (Å²) >= 11 is 1.33. The Morgan fingerprint density at radius 2 is 2.21 bits per heavy atom. The first-order valence-corrected chi connectivity index (χ1v) is 5.48. The average molecular weight is 220 g/mol. The van der Waals surface area contributed by atoms with Gasteiger partial charge in [-0.3, -0.25) is 9.59 Å². The highest BCUT2D eigenvalue weighted by molar-refractivity contribution is 7.99. The fraction of sp³-hybridized carbons (Fsp3) is 0.750. The highest BCUT2D eigenvalue weighted by Gasteiger charge is 2.03. The quantitative estimate of drug-likeness (QED) is 0.484. The number of amides is 2. The van der Waals surface area contributed by atoms with E-state index in [0.29, 0.717) is 12.2 Å². The summed E-state index contributed by atoms with van der Waals surface area (Å²) in [5, 5.41) is 11.4. The van der Waals surface area contributed by atoms with E-state index in [-0.39, 0.29) is 24.1 Å². The molecule has 0 saturated heterocycles. The van der Waals surface area contributed by atoms with E-state index in [1.807, 2.05) is 0 Å². The Balaban J connectivity index is 3.31. The molecule has 0 aromatic carbocycles. The number of aliphatic hydroxyl groups excluding tert-OH is 1. The van der Waals surface area contributed by atoms with Crippen LogP contribution in [0.25, 0.3) is 0 Å². The van der Waals surface area contributed by atoms with E-state index < -0.39 is 6.10 Å². The van der Waals surface area contributed by atoms with Gasteiger partial charge in [-0.25, -0.2) is 0 Å². The van der Waals surface area contributed by atoms with Gasteiger partial charge in [0, 0.05) is 18.7 Å². The Kier molecular flexibility index (Phi) is 7.23. The maximum Gasteiger partial charge on any atom is 0.227 e. The molecule has 1 atom stereocenters. The van der Waals surface area contributed by atoms with Crippen molar-refractivity contribution in [3.63, 3.8) is 0 Å². The van der Waals surface area contributed by atoms with E-state index in [9.17, 15) is 9.59 Å². The molecule has 0 aliphatic carbocycles. The van der Waals surface area contributed by atoms with E-state index in [1.54, 1.807) is 6.92 Å². The zero-order valence-corrected chi connectivity index (χ0v) is 8.97. The minimum Gasteiger partial charge on any atom is -0.392 e. The molecule has 6 heteroatoms. The average Bonchev–Trinajstić information content (AvgIpc) is 2.08. The van der Waals surface area contributed by atoms with Gasteiger partial charge in [-0.05, 0) is 6.92 Å². The van der Waals surface area contributed by atoms with Crippen LogP contribution < -0.4 is 11.1 Å². The highest BCUT2D eigenvalue weighted by atomic mass is 32.2. The fourth-order valence-electron chi connectivity index (χ4n) is 0.688. The van der Waals surface area contributed by atoms with Gasteiger partial charge in [-0.2, -0.15) is 11.8 Å². The molecule has 0 unspecified atom stereocenters. The Hall–Kier alpha value is -0.750. The van der Waals surface area contributed by atoms with Gasteiger partial charge in [0.1, 0.15) is 0 Å². The summed E-state index contributed by atoms with van der Waals surface area (Å²) < 4.78 is 0. The first kappa shape index (κ1) is 13.2. The van der Waals surface area contributed by atoms with Gasteiger partial charge in [-0.15, -0.1) is 0 Å². The SMILES string of the molecule is C[C@H](O)CNC(=O)CCSCC(N)=O. The third kappa shape index (κ3) is 9.34. The lowest BCUT2D eigenvalue weighted by atomic mass is 10.4. The van der Waals surface area contributed by atoms with Gasteiger partial charge in [-0.1, -0.05) is 0 Å². The van der Waals surface area contributed by atoms with Crippen molar-refractivity contribution in [1.82, 2.24) is 5.32 Å². The molecule has 0 rings (SSSR count). The second-order valence-corrected chi connectivity index (χ2v) is 4.03. The van der Waals surface area contributed by atoms with Gasteiger partial charge in [0.05, 0.1) is 11.9 Å². The van der Waals surface area contributed by atoms with Crippen molar-refractivity contribution in [2.24, 2.45) is 5.73 Å². The molecule has 0 saturated carbocycles. The predicted octanol–water partition coefficient (Wildman–Crippen LogP) is -0.908. The van der Waals surface area contributed by atoms with Crippen molar-refractivity contribution in [1.29, 1.82) is 0 Å². The van der Waals surface area contributed by atoms with Crippen LogP contribution in [0.3, 0.4) is 0 Å². The summed E-state index contributed by atoms with van der Waals surface area (Å²) in [6, 6.07) is 0. The van der Waals surface area contributed by atoms with Crippen LogP contribution in [0.1, 0.15) is 13.3 Å². The van der Waals surface area contributed by atoms with Gasteiger partial charge in [0.2, 0.25) is 11.8 Å². The van der Waals surface area contributed by atoms with E-state index in [4.69, 9.17) is 10.8 Å². The van der Waals surface area contributed by atoms with Crippen LogP contribution in [-0.4, -0.2) is 41.1 Å². The predicted molar refractivity (Wildman–Crippen MR) is 55.8 cm³/mol. The van der Waals surface area contributed by atoms with Gasteiger partial charge >= 0.3 is 0 Å². The number of carbonyl (C=O) groups excluding carboxylic acids is 2. The molecule has 0 aromatic heterocycles. The second-order valence-electron chi connectivity index (χ2n) is 2.92. The molecule has 0 aromatic rings. The van der Waals surface area contributed by atoms with Crippen LogP contribution in [0.15, 0.2) is 0 Å². The first-order chi connectivity index (χ1) is 6.52. The lowest BCUT2D eigenvalue weighted by Gasteiger charge is -2.06. The van der Waals surface area contributed by atoms with Crippen molar-refractivity contribution in [2.75, 3.05) is 18.1 Å². The van der Waals surface area contributed by atoms with Gasteiger partial charge < -0.3 is 16.2 Å². The maximum atomic E-state index is 11.0. The van der Waals surface area contributed by atoms with Crippen molar-refractivity contribution < 1.29 is 14.7 Å². The zero-order valence-electron chi connectivity index (χ0n) is 8.16. The zero-order chi connectivity index (χ0) is 11.0. The molecule has 0 spiro atoms. The molecular weight excluding hydrogens is 204 g/mol. The summed E-state index contributed by atoms with van der Waals surface area (Å²) in [6.45, 7) is 1.86. The van der Waals surface area contributed by atoms with Crippen LogP contribution in [0.5, 0.6) is 0 Å². The van der Waals surface area contributed by atoms with E-state index in [0.717, 1.165) is 0 Å². The Bertz CT molecular complexity index is 197. The lowest BCUT2D eigenvalue weighted by molar-refractivity contribution is -0.121. The van der Waals surface area contributed by atoms with Crippen molar-refractivity contribution >= 4 is 23.6 Å². The standard InChI is InChI=1S/C8H16N2O3S/c1-6(11)4-10-8(13)2-3-14-5-7(9)12/h6,11H,2-5H2,1H3,(H2,9,12)(H,10,13)/t6-/m0/s1. The monoisotopic (exact) mass is 220 g/mol. The van der Waals surface area contributed by atoms with Crippen LogP contribution in [0, 0.1) is 0 Å². The topological polar surface area (TPSA) is 92.4 Å². The molecular formula is C8H16N2O3S. The third-order valence-corrected chi connectivity index (χ3v) is 2.29. The number of hydrogen-bond donors (Lipinski definition) is 3. The fourth-order valence-corrected chi connectivity index (χ4v) is 1.36. The van der Waals surface area contributed by atoms with Crippen LogP contribution in [0.2, 0.25) is 0 Å². The Morgan fingerprint density at radius 3 is 2.71 bits per heavy atom. The first-order valence-electron chi connectivity index (χ1n) is 4.33. The smallest absolute Gasteiger partial charge is 0.227 e. The summed E-state index contributed by atoms with van der Waals surface area (Å²) in [6.07, 6.45) is -0.192. The minimum absolute atomic E-state index is 0.122. The number of aliphatic hydroxyl groups is 1. The number of nitrogens with one attached hydrogen (secondary N) is 1. The molecule has 82 valence electrons. The number of rotatable bonds is 7. The summed E-state index contributed by atoms with van der Waals surface area (Å²) in [5.41, 5.74) is 4.91. The summed E-state index contributed by atoms with van der Waals surface area (Å²) in [4.78, 5) is 21.4. The van der Waals surface area contributed by atoms with Crippen LogP contribution in [0.4, 0.5) is 0 Å². The van der Waals surface area contributed by atoms with Crippen molar-refractivity contribution in [3.05, 3.63) is 0 Å². The number of thioether (sulfide) groups is 1. The Morgan fingerprint density at radius 1 is 1.57 bits per heavy atom. The van der Waals surface area contributed by atoms with Gasteiger partial charge in [0.15, 0.2) is 0 Å². The molecule has 5 nitrogen and oxygen atoms in total. The number of nitrogens with two attached hydrogens (primary N) is 1. The largest absolute Gasteiger partial charge is 0.392 e. The highest BCUT2D eigenvalue weighted by Crippen LogP contribution is 2.00. The van der Waals surface area contributed by atoms with Gasteiger partial charge in [0.25, 0.3) is 0 Å². The normalized spacial score (nSPS) is 12.1. The van der Waals surface area contributed by atoms with Crippen molar-refractivity contribution in [2.45, 2.75) is 19.4 Å². The molecule has 14 heavy (non-hydrogen) atoms. The molecule has 0 radical (unpaired) electrons. The van der Waals surface area contributed by atoms with E-state index in [1.165, 1.54) is 11.8 Å². The Labute approximate surface area is 87.4 Å². The second kappa shape index (κ2) is 7.64. The van der Waals surface area contributed by atoms with E-state index >= 15 is 0 Å². The maximum absolute atomic E-state index is 11.0. The van der Waals surface area contributed by atoms with Crippen LogP contribution in [-0.2, 0) is 9.59 Å². The molecule has 0 bridgehead atoms. The number of primary amides is 1. The number of carbonyl (C=O) groups is 2. The molecule has 0 fully saturated rings. The summed E-state index contributed by atoms with van der Waals surface area (Å²) in [7, 11) is 0. The van der Waals surface area contributed by atoms with E-state index in [2.05, 4.69) is 5.32 Å².